The molecule has 0 aromatic carbocycles. The Labute approximate surface area is 299 Å². The fourth-order valence-electron chi connectivity index (χ4n) is 6.53. The van der Waals surface area contributed by atoms with Crippen molar-refractivity contribution < 1.29 is 84.3 Å². The average molecular weight is 743 g/mol. The van der Waals surface area contributed by atoms with E-state index in [2.05, 4.69) is 6.92 Å². The van der Waals surface area contributed by atoms with Crippen molar-refractivity contribution >= 4 is 5.97 Å². The second-order valence-electron chi connectivity index (χ2n) is 13.9. The molecule has 3 rings (SSSR count). The van der Waals surface area contributed by atoms with Gasteiger partial charge in [0.1, 0.15) is 80.4 Å². The maximum atomic E-state index is 12.4. The molecule has 51 heavy (non-hydrogen) atoms. The number of hydrogen-bond donors (Lipinski definition) is 10. The Kier molecular flexibility index (Phi) is 19.4. The van der Waals surface area contributed by atoms with E-state index in [-0.39, 0.29) is 6.42 Å². The molecule has 17 heteroatoms. The number of aliphatic hydroxyl groups excluding tert-OH is 10. The van der Waals surface area contributed by atoms with Crippen molar-refractivity contribution in [2.75, 3.05) is 26.4 Å². The van der Waals surface area contributed by atoms with Gasteiger partial charge in [0.2, 0.25) is 5.79 Å². The van der Waals surface area contributed by atoms with Crippen LogP contribution in [0.5, 0.6) is 0 Å². The number of ether oxygens (including phenoxy) is 6. The van der Waals surface area contributed by atoms with Crippen molar-refractivity contribution in [3.8, 4) is 0 Å². The van der Waals surface area contributed by atoms with E-state index in [9.17, 15) is 55.9 Å². The van der Waals surface area contributed by atoms with Crippen LogP contribution in [0.15, 0.2) is 0 Å². The summed E-state index contributed by atoms with van der Waals surface area (Å²) in [5.41, 5.74) is 0. The minimum atomic E-state index is -2.41. The number of rotatable bonds is 23. The van der Waals surface area contributed by atoms with Crippen LogP contribution in [-0.2, 0) is 33.2 Å². The van der Waals surface area contributed by atoms with Crippen LogP contribution in [0.2, 0.25) is 0 Å². The number of carbonyl (C=O) groups excluding carboxylic acids is 1. The molecule has 3 aliphatic rings. The maximum Gasteiger partial charge on any atom is 0.305 e. The molecule has 0 bridgehead atoms. The smallest absolute Gasteiger partial charge is 0.305 e. The largest absolute Gasteiger partial charge is 0.463 e. The fourth-order valence-corrected chi connectivity index (χ4v) is 6.53. The molecular weight excluding hydrogens is 680 g/mol. The second-order valence-corrected chi connectivity index (χ2v) is 13.9. The normalized spacial score (nSPS) is 38.6. The van der Waals surface area contributed by atoms with Crippen LogP contribution in [0, 0.1) is 0 Å². The maximum absolute atomic E-state index is 12.4. The lowest BCUT2D eigenvalue weighted by Crippen LogP contribution is -2.63. The number of esters is 1. The second kappa shape index (κ2) is 22.3. The van der Waals surface area contributed by atoms with E-state index in [0.717, 1.165) is 19.3 Å². The Bertz CT molecular complexity index is 975. The van der Waals surface area contributed by atoms with Gasteiger partial charge in [-0.3, -0.25) is 4.79 Å². The first-order chi connectivity index (χ1) is 24.4. The van der Waals surface area contributed by atoms with Gasteiger partial charge < -0.3 is 79.5 Å². The summed E-state index contributed by atoms with van der Waals surface area (Å²) in [6, 6.07) is 0. The molecule has 0 radical (unpaired) electrons. The third-order valence-electron chi connectivity index (χ3n) is 9.88. The van der Waals surface area contributed by atoms with E-state index >= 15 is 0 Å². The topological polar surface area (TPSA) is 275 Å². The summed E-state index contributed by atoms with van der Waals surface area (Å²) in [6.07, 6.45) is -6.86. The lowest BCUT2D eigenvalue weighted by atomic mass is 9.98. The summed E-state index contributed by atoms with van der Waals surface area (Å²) in [5, 5.41) is 103. The molecule has 17 nitrogen and oxygen atoms in total. The summed E-state index contributed by atoms with van der Waals surface area (Å²) in [4.78, 5) is 12.4. The zero-order valence-corrected chi connectivity index (χ0v) is 29.6. The Hall–Kier alpha value is -1.13. The highest BCUT2D eigenvalue weighted by atomic mass is 16.8. The Balaban J connectivity index is 1.42. The molecule has 0 spiro atoms. The lowest BCUT2D eigenvalue weighted by molar-refractivity contribution is -0.388. The van der Waals surface area contributed by atoms with E-state index < -0.39 is 118 Å². The zero-order chi connectivity index (χ0) is 37.6. The quantitative estimate of drug-likeness (QED) is 0.0420. The van der Waals surface area contributed by atoms with Crippen molar-refractivity contribution in [2.24, 2.45) is 0 Å². The molecule has 3 aliphatic heterocycles. The first-order valence-electron chi connectivity index (χ1n) is 18.5. The van der Waals surface area contributed by atoms with Gasteiger partial charge in [-0.2, -0.15) is 0 Å². The highest BCUT2D eigenvalue weighted by molar-refractivity contribution is 5.69. The van der Waals surface area contributed by atoms with Crippen molar-refractivity contribution in [3.05, 3.63) is 0 Å². The molecular formula is C34H62O17. The Morgan fingerprint density at radius 3 is 1.65 bits per heavy atom. The molecule has 0 amide bonds. The summed E-state index contributed by atoms with van der Waals surface area (Å²) in [7, 11) is 0. The number of aliphatic hydroxyl groups is 10. The van der Waals surface area contributed by atoms with E-state index in [1.165, 1.54) is 57.8 Å². The molecule has 14 atom stereocenters. The SMILES string of the molecule is CCCCCCCCCCCCCCCC(=O)OC[C@H]1O[C@@](CO)(O[C@H]2O[C@H](CO[C@H]3O[C@H](CO)[C@H](O)[C@H](O)[C@H]3O)[C@@H](O)[C@H](O)[C@H]2O)[C@@H](O)[C@@H]1O. The molecule has 0 aromatic heterocycles. The molecule has 0 aromatic rings. The Morgan fingerprint density at radius 2 is 1.10 bits per heavy atom. The molecule has 10 N–H and O–H groups in total. The molecule has 300 valence electrons. The zero-order valence-electron chi connectivity index (χ0n) is 29.6. The van der Waals surface area contributed by atoms with Crippen LogP contribution >= 0.6 is 0 Å². The van der Waals surface area contributed by atoms with Gasteiger partial charge in [0.05, 0.1) is 13.2 Å². The van der Waals surface area contributed by atoms with Gasteiger partial charge in [-0.15, -0.1) is 0 Å². The molecule has 3 saturated heterocycles. The Morgan fingerprint density at radius 1 is 0.588 bits per heavy atom. The van der Waals surface area contributed by atoms with Crippen molar-refractivity contribution in [1.82, 2.24) is 0 Å². The van der Waals surface area contributed by atoms with Gasteiger partial charge in [0, 0.05) is 6.42 Å². The van der Waals surface area contributed by atoms with Gasteiger partial charge in [0.15, 0.2) is 12.6 Å². The summed E-state index contributed by atoms with van der Waals surface area (Å²) in [5.74, 6) is -2.95. The number of hydrogen-bond acceptors (Lipinski definition) is 17. The van der Waals surface area contributed by atoms with Crippen LogP contribution in [-0.4, -0.2) is 169 Å². The van der Waals surface area contributed by atoms with Crippen LogP contribution in [0.25, 0.3) is 0 Å². The van der Waals surface area contributed by atoms with Crippen LogP contribution in [0.1, 0.15) is 96.8 Å². The van der Waals surface area contributed by atoms with E-state index in [1.807, 2.05) is 0 Å². The minimum absolute atomic E-state index is 0.152. The predicted octanol–water partition coefficient (Wildman–Crippen LogP) is -1.54. The highest BCUT2D eigenvalue weighted by Crippen LogP contribution is 2.36. The number of unbranched alkanes of at least 4 members (excludes halogenated alkanes) is 12. The van der Waals surface area contributed by atoms with Crippen LogP contribution < -0.4 is 0 Å². The van der Waals surface area contributed by atoms with Crippen molar-refractivity contribution in [1.29, 1.82) is 0 Å². The van der Waals surface area contributed by atoms with Gasteiger partial charge in [0.25, 0.3) is 0 Å². The first-order valence-corrected chi connectivity index (χ1v) is 18.5. The average Bonchev–Trinajstić information content (AvgIpc) is 3.36. The molecule has 3 heterocycles. The monoisotopic (exact) mass is 742 g/mol. The van der Waals surface area contributed by atoms with Gasteiger partial charge in [-0.05, 0) is 6.42 Å². The third kappa shape index (κ3) is 12.4. The summed E-state index contributed by atoms with van der Waals surface area (Å²) < 4.78 is 32.7. The molecule has 0 unspecified atom stereocenters. The fraction of sp³-hybridized carbons (Fsp3) is 0.971. The van der Waals surface area contributed by atoms with E-state index in [1.54, 1.807) is 0 Å². The van der Waals surface area contributed by atoms with Gasteiger partial charge in [-0.1, -0.05) is 84.0 Å². The summed E-state index contributed by atoms with van der Waals surface area (Å²) in [6.45, 7) is -0.708. The summed E-state index contributed by atoms with van der Waals surface area (Å²) >= 11 is 0. The van der Waals surface area contributed by atoms with Crippen LogP contribution in [0.4, 0.5) is 0 Å². The predicted molar refractivity (Wildman–Crippen MR) is 175 cm³/mol. The van der Waals surface area contributed by atoms with E-state index in [0.29, 0.717) is 6.42 Å². The molecule has 0 aliphatic carbocycles. The first kappa shape index (κ1) is 44.3. The molecule has 0 saturated carbocycles. The molecule has 3 fully saturated rings. The lowest BCUT2D eigenvalue weighted by Gasteiger charge is -2.44. The van der Waals surface area contributed by atoms with Crippen molar-refractivity contribution in [3.63, 3.8) is 0 Å². The minimum Gasteiger partial charge on any atom is -0.463 e. The highest BCUT2D eigenvalue weighted by Gasteiger charge is 2.59. The number of carbonyl (C=O) groups is 1. The van der Waals surface area contributed by atoms with Crippen LogP contribution in [0.3, 0.4) is 0 Å². The van der Waals surface area contributed by atoms with Gasteiger partial charge in [-0.25, -0.2) is 0 Å². The van der Waals surface area contributed by atoms with E-state index in [4.69, 9.17) is 28.4 Å². The third-order valence-corrected chi connectivity index (χ3v) is 9.88. The van der Waals surface area contributed by atoms with Crippen molar-refractivity contribution in [2.45, 2.75) is 182 Å². The van der Waals surface area contributed by atoms with Gasteiger partial charge >= 0.3 is 5.97 Å². The standard InChI is InChI=1S/C34H62O17/c1-2-3-4-5-6-7-8-9-10-11-12-13-14-15-23(37)46-18-22-26(40)31(45)34(19-36,50-22)51-33-30(44)28(42)25(39)21(49-33)17-47-32-29(43)27(41)24(38)20(16-35)48-32/h20-22,24-33,35-36,38-45H,2-19H2,1H3/t20-,21-,22-,24+,25-,26-,27+,28+,29-,30-,31+,32+,33-,34+/m1/s1.